The topological polar surface area (TPSA) is 164 Å². The van der Waals surface area contributed by atoms with Crippen molar-refractivity contribution in [2.45, 2.75) is 109 Å². The zero-order valence-electron chi connectivity index (χ0n) is 23.8. The summed E-state index contributed by atoms with van der Waals surface area (Å²) in [6.07, 6.45) is -1.03. The Morgan fingerprint density at radius 3 is 2.02 bits per heavy atom. The number of carbonyl (C=O) groups excluding carboxylic acids is 5. The van der Waals surface area contributed by atoms with Gasteiger partial charge in [-0.3, -0.25) is 19.2 Å². The van der Waals surface area contributed by atoms with E-state index in [0.717, 1.165) is 0 Å². The first-order valence-electron chi connectivity index (χ1n) is 13.1. The van der Waals surface area contributed by atoms with Crippen LogP contribution in [0.3, 0.4) is 0 Å². The van der Waals surface area contributed by atoms with Crippen molar-refractivity contribution in [2.75, 3.05) is 0 Å². The normalized spacial score (nSPS) is 44.8. The largest absolute Gasteiger partial charge is 0.461 e. The van der Waals surface area contributed by atoms with Crippen LogP contribution < -0.4 is 0 Å². The van der Waals surface area contributed by atoms with Gasteiger partial charge in [-0.1, -0.05) is 13.0 Å². The van der Waals surface area contributed by atoms with Gasteiger partial charge in [0.05, 0.1) is 0 Å². The van der Waals surface area contributed by atoms with Crippen LogP contribution in [0.15, 0.2) is 23.8 Å². The first kappa shape index (κ1) is 29.7. The Morgan fingerprint density at radius 2 is 1.50 bits per heavy atom. The molecule has 4 aliphatic rings. The zero-order valence-corrected chi connectivity index (χ0v) is 23.8. The Balaban J connectivity index is 2.04. The molecule has 2 aliphatic carbocycles. The van der Waals surface area contributed by atoms with Crippen molar-refractivity contribution >= 4 is 29.8 Å². The first-order valence-corrected chi connectivity index (χ1v) is 13.1. The van der Waals surface area contributed by atoms with Crippen LogP contribution in [0.1, 0.15) is 61.8 Å². The molecule has 2 fully saturated rings. The molecule has 1 N–H and O–H groups in total. The second-order valence-electron chi connectivity index (χ2n) is 11.6. The second-order valence-corrected chi connectivity index (χ2v) is 11.6. The minimum absolute atomic E-state index is 0.0499. The number of fused-ring (bicyclic) bond motifs is 1. The minimum atomic E-state index is -1.96. The van der Waals surface area contributed by atoms with E-state index < -0.39 is 88.5 Å². The van der Waals surface area contributed by atoms with Gasteiger partial charge >= 0.3 is 29.8 Å². The highest BCUT2D eigenvalue weighted by Crippen LogP contribution is 2.65. The number of aliphatic hydroxyl groups is 1. The van der Waals surface area contributed by atoms with Gasteiger partial charge in [-0.25, -0.2) is 4.79 Å². The van der Waals surface area contributed by atoms with E-state index >= 15 is 0 Å². The van der Waals surface area contributed by atoms with Crippen LogP contribution in [-0.4, -0.2) is 82.3 Å². The number of carbonyl (C=O) groups is 5. The van der Waals surface area contributed by atoms with Gasteiger partial charge in [0, 0.05) is 45.4 Å². The van der Waals surface area contributed by atoms with E-state index in [9.17, 15) is 29.1 Å². The minimum Gasteiger partial charge on any atom is -0.461 e. The lowest BCUT2D eigenvalue weighted by Gasteiger charge is -2.55. The molecule has 12 heteroatoms. The Labute approximate surface area is 231 Å². The lowest BCUT2D eigenvalue weighted by Crippen LogP contribution is -2.67. The third kappa shape index (κ3) is 4.50. The van der Waals surface area contributed by atoms with Crippen molar-refractivity contribution in [1.29, 1.82) is 0 Å². The van der Waals surface area contributed by atoms with Gasteiger partial charge in [0.25, 0.3) is 0 Å². The summed E-state index contributed by atoms with van der Waals surface area (Å²) in [6.45, 7) is 11.1. The molecule has 0 amide bonds. The third-order valence-electron chi connectivity index (χ3n) is 8.60. The summed E-state index contributed by atoms with van der Waals surface area (Å²) in [4.78, 5) is 62.2. The maximum absolute atomic E-state index is 13.1. The van der Waals surface area contributed by atoms with Crippen LogP contribution >= 0.6 is 0 Å². The maximum atomic E-state index is 13.1. The molecule has 0 aromatic rings. The van der Waals surface area contributed by atoms with E-state index in [1.54, 1.807) is 26.0 Å². The molecule has 40 heavy (non-hydrogen) atoms. The van der Waals surface area contributed by atoms with E-state index in [1.807, 2.05) is 0 Å². The van der Waals surface area contributed by atoms with Crippen molar-refractivity contribution in [3.05, 3.63) is 23.8 Å². The van der Waals surface area contributed by atoms with Crippen molar-refractivity contribution in [3.63, 3.8) is 0 Å². The number of esters is 5. The van der Waals surface area contributed by atoms with E-state index in [1.165, 1.54) is 47.6 Å². The number of rotatable bonds is 4. The average Bonchev–Trinajstić information content (AvgIpc) is 3.39. The molecule has 1 unspecified atom stereocenters. The van der Waals surface area contributed by atoms with Gasteiger partial charge in [-0.05, 0) is 38.5 Å². The fourth-order valence-corrected chi connectivity index (χ4v) is 6.76. The lowest BCUT2D eigenvalue weighted by molar-refractivity contribution is -0.220. The Hall–Kier alpha value is -3.25. The number of hydrogen-bond donors (Lipinski definition) is 1. The molecule has 0 aromatic carbocycles. The molecule has 0 bridgehead atoms. The third-order valence-corrected chi connectivity index (χ3v) is 8.60. The van der Waals surface area contributed by atoms with E-state index in [0.29, 0.717) is 5.57 Å². The van der Waals surface area contributed by atoms with Crippen LogP contribution in [0.4, 0.5) is 0 Å². The quantitative estimate of drug-likeness (QED) is 0.227. The van der Waals surface area contributed by atoms with Crippen molar-refractivity contribution in [2.24, 2.45) is 11.3 Å². The Bertz CT molecular complexity index is 1200. The molecule has 10 atom stereocenters. The first-order chi connectivity index (χ1) is 18.4. The fraction of sp³-hybridized carbons (Fsp3) is 0.679. The Kier molecular flexibility index (Phi) is 7.20. The molecule has 220 valence electrons. The van der Waals surface area contributed by atoms with Crippen LogP contribution in [0.25, 0.3) is 0 Å². The average molecular weight is 565 g/mol. The second kappa shape index (κ2) is 9.69. The molecule has 0 radical (unpaired) electrons. The monoisotopic (exact) mass is 564 g/mol. The predicted molar refractivity (Wildman–Crippen MR) is 134 cm³/mol. The number of ether oxygens (including phenoxy) is 6. The van der Waals surface area contributed by atoms with E-state index in [2.05, 4.69) is 0 Å². The van der Waals surface area contributed by atoms with Gasteiger partial charge in [0.15, 0.2) is 17.3 Å². The van der Waals surface area contributed by atoms with Crippen molar-refractivity contribution in [3.8, 4) is 0 Å². The van der Waals surface area contributed by atoms with Gasteiger partial charge in [0.2, 0.25) is 0 Å². The van der Waals surface area contributed by atoms with Crippen LogP contribution in [0.2, 0.25) is 0 Å². The smallest absolute Gasteiger partial charge is 0.342 e. The zero-order chi connectivity index (χ0) is 30.0. The summed E-state index contributed by atoms with van der Waals surface area (Å²) < 4.78 is 34.6. The number of hydrogen-bond acceptors (Lipinski definition) is 12. The summed E-state index contributed by atoms with van der Waals surface area (Å²) >= 11 is 0. The summed E-state index contributed by atoms with van der Waals surface area (Å²) in [5.41, 5.74) is -5.99. The summed E-state index contributed by atoms with van der Waals surface area (Å²) in [7, 11) is 0. The molecule has 2 heterocycles. The highest BCUT2D eigenvalue weighted by Gasteiger charge is 2.87. The lowest BCUT2D eigenvalue weighted by atomic mass is 9.55. The SMILES string of the molecule is CC(=O)O[C@H]1C[C@@H](OC(C)=O)/C(C)=C\[C@@H]2OC(=O)C3(C)O[C@]23[C@H](OC(C)=O)[C@H]2[C@](C)(O)[C@H](OC(C)=O)C=C[C@]12C. The summed E-state index contributed by atoms with van der Waals surface area (Å²) in [6, 6.07) is 0. The van der Waals surface area contributed by atoms with E-state index in [-0.39, 0.29) is 6.42 Å². The molecule has 4 rings (SSSR count). The molecule has 2 aliphatic heterocycles. The molecular formula is C28H36O12. The standard InChI is InChI=1S/C28H36O12/c1-13-11-21-28(27(8,40-28)24(33)39-21)23(38-17(5)32)22-25(6,10-9-19(26(22,7)34)36-15(3)30)20(37-16(4)31)12-18(13)35-14(2)29/h9-11,18-23,34H,12H2,1-8H3/b13-11-/t18-,19-,20+,21+,22-,23-,25-,26-,27?,28+/m1/s1. The molecule has 0 aromatic heterocycles. The summed E-state index contributed by atoms with van der Waals surface area (Å²) in [5, 5.41) is 12.2. The highest BCUT2D eigenvalue weighted by atomic mass is 16.7. The summed E-state index contributed by atoms with van der Waals surface area (Å²) in [5.74, 6) is -4.55. The molecule has 0 saturated carbocycles. The number of epoxide rings is 1. The molecule has 1 spiro atoms. The van der Waals surface area contributed by atoms with E-state index in [4.69, 9.17) is 28.4 Å². The van der Waals surface area contributed by atoms with Crippen molar-refractivity contribution in [1.82, 2.24) is 0 Å². The van der Waals surface area contributed by atoms with Gasteiger partial charge in [-0.15, -0.1) is 0 Å². The van der Waals surface area contributed by atoms with Crippen molar-refractivity contribution < 1.29 is 57.5 Å². The molecule has 2 saturated heterocycles. The van der Waals surface area contributed by atoms with Crippen LogP contribution in [0.5, 0.6) is 0 Å². The fourth-order valence-electron chi connectivity index (χ4n) is 6.76. The van der Waals surface area contributed by atoms with Gasteiger partial charge in [0.1, 0.15) is 30.0 Å². The highest BCUT2D eigenvalue weighted by molar-refractivity contribution is 5.89. The molecular weight excluding hydrogens is 528 g/mol. The van der Waals surface area contributed by atoms with Crippen LogP contribution in [0, 0.1) is 11.3 Å². The molecule has 12 nitrogen and oxygen atoms in total. The van der Waals surface area contributed by atoms with Crippen LogP contribution in [-0.2, 0) is 52.4 Å². The maximum Gasteiger partial charge on any atom is 0.342 e. The van der Waals surface area contributed by atoms with Gasteiger partial charge < -0.3 is 33.5 Å². The predicted octanol–water partition coefficient (Wildman–Crippen LogP) is 1.46. The Morgan fingerprint density at radius 1 is 0.925 bits per heavy atom. The van der Waals surface area contributed by atoms with Gasteiger partial charge in [-0.2, -0.15) is 0 Å².